The SMILES string of the molecule is Nc1ccc(C(=O)c2ccccc2)c(OC(=O)O)c1[N+](=O)[O-]. The molecule has 0 saturated heterocycles. The predicted molar refractivity (Wildman–Crippen MR) is 76.0 cm³/mol. The molecule has 0 atom stereocenters. The molecule has 0 aliphatic carbocycles. The topological polar surface area (TPSA) is 133 Å². The number of nitrogen functional groups attached to an aromatic ring is 1. The molecule has 3 N–H and O–H groups in total. The number of carboxylic acid groups (broad SMARTS) is 1. The van der Waals surface area contributed by atoms with E-state index in [4.69, 9.17) is 10.8 Å². The van der Waals surface area contributed by atoms with E-state index in [2.05, 4.69) is 4.74 Å². The predicted octanol–water partition coefficient (Wildman–Crippen LogP) is 2.46. The Bertz CT molecular complexity index is 757. The molecule has 112 valence electrons. The van der Waals surface area contributed by atoms with Crippen molar-refractivity contribution in [2.24, 2.45) is 0 Å². The number of hydrogen-bond donors (Lipinski definition) is 2. The second kappa shape index (κ2) is 5.92. The number of nitro groups is 1. The third kappa shape index (κ3) is 2.85. The van der Waals surface area contributed by atoms with Gasteiger partial charge in [0, 0.05) is 5.56 Å². The van der Waals surface area contributed by atoms with Crippen molar-refractivity contribution in [3.63, 3.8) is 0 Å². The molecule has 22 heavy (non-hydrogen) atoms. The van der Waals surface area contributed by atoms with E-state index >= 15 is 0 Å². The molecule has 0 aliphatic rings. The summed E-state index contributed by atoms with van der Waals surface area (Å²) in [5.41, 5.74) is 4.40. The summed E-state index contributed by atoms with van der Waals surface area (Å²) in [5, 5.41) is 19.8. The number of carbonyl (C=O) groups is 2. The molecule has 0 amide bonds. The monoisotopic (exact) mass is 302 g/mol. The van der Waals surface area contributed by atoms with Crippen LogP contribution in [0.25, 0.3) is 0 Å². The Hall–Kier alpha value is -3.42. The van der Waals surface area contributed by atoms with E-state index in [9.17, 15) is 19.7 Å². The third-order valence-corrected chi connectivity index (χ3v) is 2.82. The Morgan fingerprint density at radius 3 is 2.32 bits per heavy atom. The normalized spacial score (nSPS) is 10.0. The Morgan fingerprint density at radius 1 is 1.14 bits per heavy atom. The molecule has 0 heterocycles. The zero-order chi connectivity index (χ0) is 16.3. The minimum atomic E-state index is -1.78. The van der Waals surface area contributed by atoms with E-state index in [1.54, 1.807) is 18.2 Å². The molecule has 0 aromatic heterocycles. The van der Waals surface area contributed by atoms with Crippen molar-refractivity contribution in [1.29, 1.82) is 0 Å². The standard InChI is InChI=1S/C14H10N2O6/c15-10-7-6-9(12(17)8-4-2-1-3-5-8)13(22-14(18)19)11(10)16(20)21/h1-7H,15H2,(H,18,19). The zero-order valence-electron chi connectivity index (χ0n) is 11.1. The molecule has 2 aromatic carbocycles. The summed E-state index contributed by atoms with van der Waals surface area (Å²) in [5.74, 6) is -1.30. The van der Waals surface area contributed by atoms with Crippen LogP contribution in [0.15, 0.2) is 42.5 Å². The number of hydrogen-bond acceptors (Lipinski definition) is 6. The van der Waals surface area contributed by atoms with Crippen molar-refractivity contribution < 1.29 is 24.4 Å². The van der Waals surface area contributed by atoms with E-state index in [1.807, 2.05) is 0 Å². The molecular formula is C14H10N2O6. The molecule has 8 nitrogen and oxygen atoms in total. The van der Waals surface area contributed by atoms with Crippen LogP contribution in [0.5, 0.6) is 5.75 Å². The fourth-order valence-corrected chi connectivity index (χ4v) is 1.89. The van der Waals surface area contributed by atoms with E-state index in [-0.39, 0.29) is 16.8 Å². The minimum Gasteiger partial charge on any atom is -0.449 e. The van der Waals surface area contributed by atoms with Crippen LogP contribution < -0.4 is 10.5 Å². The molecular weight excluding hydrogens is 292 g/mol. The first-order valence-corrected chi connectivity index (χ1v) is 5.99. The van der Waals surface area contributed by atoms with Crippen LogP contribution in [0.1, 0.15) is 15.9 Å². The van der Waals surface area contributed by atoms with Gasteiger partial charge < -0.3 is 15.6 Å². The highest BCUT2D eigenvalue weighted by atomic mass is 16.7. The van der Waals surface area contributed by atoms with Gasteiger partial charge in [-0.2, -0.15) is 0 Å². The molecule has 0 unspecified atom stereocenters. The Kier molecular flexibility index (Phi) is 4.03. The van der Waals surface area contributed by atoms with Crippen LogP contribution >= 0.6 is 0 Å². The van der Waals surface area contributed by atoms with Gasteiger partial charge in [0.25, 0.3) is 0 Å². The van der Waals surface area contributed by atoms with E-state index in [0.717, 1.165) is 6.07 Å². The number of ketones is 1. The molecule has 0 spiro atoms. The molecule has 2 aromatic rings. The van der Waals surface area contributed by atoms with Gasteiger partial charge in [0.2, 0.25) is 5.75 Å². The molecule has 0 saturated carbocycles. The summed E-state index contributed by atoms with van der Waals surface area (Å²) in [7, 11) is 0. The Balaban J connectivity index is 2.65. The molecule has 0 bridgehead atoms. The molecule has 2 rings (SSSR count). The van der Waals surface area contributed by atoms with Crippen molar-refractivity contribution in [3.05, 3.63) is 63.7 Å². The molecule has 0 fully saturated rings. The summed E-state index contributed by atoms with van der Waals surface area (Å²) >= 11 is 0. The first kappa shape index (κ1) is 15.0. The van der Waals surface area contributed by atoms with E-state index in [1.165, 1.54) is 18.2 Å². The van der Waals surface area contributed by atoms with Crippen LogP contribution in [0.4, 0.5) is 16.2 Å². The van der Waals surface area contributed by atoms with Crippen molar-refractivity contribution in [1.82, 2.24) is 0 Å². The smallest absolute Gasteiger partial charge is 0.449 e. The lowest BCUT2D eigenvalue weighted by Crippen LogP contribution is -2.12. The lowest BCUT2D eigenvalue weighted by molar-refractivity contribution is -0.384. The molecule has 8 heteroatoms. The maximum absolute atomic E-state index is 12.4. The second-order valence-corrected chi connectivity index (χ2v) is 4.20. The van der Waals surface area contributed by atoms with E-state index in [0.29, 0.717) is 0 Å². The first-order chi connectivity index (χ1) is 10.4. The van der Waals surface area contributed by atoms with Crippen LogP contribution in [0.2, 0.25) is 0 Å². The highest BCUT2D eigenvalue weighted by Crippen LogP contribution is 2.37. The van der Waals surface area contributed by atoms with Crippen molar-refractivity contribution >= 4 is 23.3 Å². The quantitative estimate of drug-likeness (QED) is 0.221. The van der Waals surface area contributed by atoms with Gasteiger partial charge >= 0.3 is 11.8 Å². The third-order valence-electron chi connectivity index (χ3n) is 2.82. The number of benzene rings is 2. The summed E-state index contributed by atoms with van der Waals surface area (Å²) in [6, 6.07) is 10.2. The van der Waals surface area contributed by atoms with Gasteiger partial charge in [0.1, 0.15) is 5.69 Å². The van der Waals surface area contributed by atoms with Crippen LogP contribution in [-0.4, -0.2) is 22.0 Å². The lowest BCUT2D eigenvalue weighted by Gasteiger charge is -2.09. The number of anilines is 1. The average Bonchev–Trinajstić information content (AvgIpc) is 2.47. The van der Waals surface area contributed by atoms with Gasteiger partial charge in [-0.25, -0.2) is 4.79 Å². The van der Waals surface area contributed by atoms with Crippen LogP contribution in [0, 0.1) is 10.1 Å². The second-order valence-electron chi connectivity index (χ2n) is 4.20. The Morgan fingerprint density at radius 2 is 1.77 bits per heavy atom. The summed E-state index contributed by atoms with van der Waals surface area (Å²) < 4.78 is 4.44. The number of nitro benzene ring substituents is 1. The van der Waals surface area contributed by atoms with Gasteiger partial charge in [0.15, 0.2) is 5.78 Å². The summed E-state index contributed by atoms with van der Waals surface area (Å²) in [6.07, 6.45) is -1.78. The number of nitrogens with two attached hydrogens (primary N) is 1. The summed E-state index contributed by atoms with van der Waals surface area (Å²) in [4.78, 5) is 33.4. The molecule has 0 radical (unpaired) electrons. The van der Waals surface area contributed by atoms with E-state index < -0.39 is 28.3 Å². The largest absolute Gasteiger partial charge is 0.511 e. The summed E-state index contributed by atoms with van der Waals surface area (Å²) in [6.45, 7) is 0. The van der Waals surface area contributed by atoms with Gasteiger partial charge in [-0.15, -0.1) is 0 Å². The van der Waals surface area contributed by atoms with Crippen LogP contribution in [0.3, 0.4) is 0 Å². The fraction of sp³-hybridized carbons (Fsp3) is 0. The highest BCUT2D eigenvalue weighted by Gasteiger charge is 2.29. The number of rotatable bonds is 4. The number of carbonyl (C=O) groups excluding carboxylic acids is 1. The van der Waals surface area contributed by atoms with Crippen molar-refractivity contribution in [2.45, 2.75) is 0 Å². The van der Waals surface area contributed by atoms with Gasteiger partial charge in [-0.1, -0.05) is 30.3 Å². The minimum absolute atomic E-state index is 0.233. The highest BCUT2D eigenvalue weighted by molar-refractivity contribution is 6.12. The molecule has 0 aliphatic heterocycles. The fourth-order valence-electron chi connectivity index (χ4n) is 1.89. The first-order valence-electron chi connectivity index (χ1n) is 5.99. The number of nitrogens with zero attached hydrogens (tertiary/aromatic N) is 1. The number of ether oxygens (including phenoxy) is 1. The van der Waals surface area contributed by atoms with Gasteiger partial charge in [-0.3, -0.25) is 14.9 Å². The van der Waals surface area contributed by atoms with Crippen molar-refractivity contribution in [3.8, 4) is 5.75 Å². The van der Waals surface area contributed by atoms with Gasteiger partial charge in [-0.05, 0) is 12.1 Å². The van der Waals surface area contributed by atoms with Crippen molar-refractivity contribution in [2.75, 3.05) is 5.73 Å². The average molecular weight is 302 g/mol. The lowest BCUT2D eigenvalue weighted by atomic mass is 10.0. The van der Waals surface area contributed by atoms with Gasteiger partial charge in [0.05, 0.1) is 10.5 Å². The maximum atomic E-state index is 12.4. The Labute approximate surface area is 123 Å². The zero-order valence-corrected chi connectivity index (χ0v) is 11.1. The van der Waals surface area contributed by atoms with Crippen LogP contribution in [-0.2, 0) is 0 Å². The maximum Gasteiger partial charge on any atom is 0.511 e.